The fourth-order valence-electron chi connectivity index (χ4n) is 3.29. The number of hydrogen-bond donors (Lipinski definition) is 4. The third kappa shape index (κ3) is 4.81. The molecule has 0 unspecified atom stereocenters. The predicted molar refractivity (Wildman–Crippen MR) is 109 cm³/mol. The van der Waals surface area contributed by atoms with Crippen molar-refractivity contribution < 1.29 is 20.1 Å². The van der Waals surface area contributed by atoms with E-state index in [1.165, 1.54) is 23.8 Å². The molecule has 1 aliphatic rings. The molecular formula is C20H29N5O4. The number of rotatable bonds is 8. The Morgan fingerprint density at radius 2 is 1.97 bits per heavy atom. The number of nitrogens with zero attached hydrogens (tertiary/aromatic N) is 4. The van der Waals surface area contributed by atoms with E-state index in [-0.39, 0.29) is 6.61 Å². The number of aliphatic hydroxyl groups excluding tert-OH is 3. The molecule has 4 atom stereocenters. The molecule has 2 aromatic rings. The minimum Gasteiger partial charge on any atom is -0.394 e. The van der Waals surface area contributed by atoms with Gasteiger partial charge in [-0.15, -0.1) is 0 Å². The first-order valence-corrected chi connectivity index (χ1v) is 9.75. The minimum absolute atomic E-state index is 0.386. The maximum absolute atomic E-state index is 10.3. The van der Waals surface area contributed by atoms with E-state index in [1.807, 2.05) is 0 Å². The maximum atomic E-state index is 10.3. The van der Waals surface area contributed by atoms with Crippen LogP contribution in [-0.2, 0) is 4.74 Å². The first-order valence-electron chi connectivity index (χ1n) is 9.75. The summed E-state index contributed by atoms with van der Waals surface area (Å²) >= 11 is 0. The van der Waals surface area contributed by atoms with Gasteiger partial charge in [-0.05, 0) is 33.6 Å². The molecule has 0 bridgehead atoms. The molecule has 9 nitrogen and oxygen atoms in total. The zero-order valence-corrected chi connectivity index (χ0v) is 17.0. The molecule has 3 rings (SSSR count). The SMILES string of the molecule is CC(C)=CCC/C(C)=C/CNc1ncnc2c1ncn2[C@@H]1O[C@@H](CO)[C@@H](O)[C@H]1O. The molecule has 2 aromatic heterocycles. The van der Waals surface area contributed by atoms with Crippen molar-refractivity contribution in [2.24, 2.45) is 0 Å². The quantitative estimate of drug-likeness (QED) is 0.489. The number of aromatic nitrogens is 4. The van der Waals surface area contributed by atoms with Gasteiger partial charge in [-0.2, -0.15) is 0 Å². The fourth-order valence-corrected chi connectivity index (χ4v) is 3.29. The second kappa shape index (κ2) is 9.45. The van der Waals surface area contributed by atoms with E-state index in [0.717, 1.165) is 12.8 Å². The van der Waals surface area contributed by atoms with Crippen LogP contribution < -0.4 is 5.32 Å². The van der Waals surface area contributed by atoms with Gasteiger partial charge >= 0.3 is 0 Å². The summed E-state index contributed by atoms with van der Waals surface area (Å²) in [7, 11) is 0. The number of fused-ring (bicyclic) bond motifs is 1. The molecule has 158 valence electrons. The van der Waals surface area contributed by atoms with E-state index in [9.17, 15) is 15.3 Å². The van der Waals surface area contributed by atoms with Crippen LogP contribution in [0.3, 0.4) is 0 Å². The van der Waals surface area contributed by atoms with E-state index in [4.69, 9.17) is 4.74 Å². The van der Waals surface area contributed by atoms with Gasteiger partial charge in [0.05, 0.1) is 12.9 Å². The normalized spacial score (nSPS) is 24.8. The second-order valence-corrected chi connectivity index (χ2v) is 7.53. The predicted octanol–water partition coefficient (Wildman–Crippen LogP) is 1.54. The summed E-state index contributed by atoms with van der Waals surface area (Å²) in [5.74, 6) is 0.578. The summed E-state index contributed by atoms with van der Waals surface area (Å²) in [6.45, 7) is 6.52. The first-order chi connectivity index (χ1) is 13.9. The highest BCUT2D eigenvalue weighted by atomic mass is 16.6. The number of aliphatic hydroxyl groups is 3. The Hall–Kier alpha value is -2.33. The highest BCUT2D eigenvalue weighted by Crippen LogP contribution is 2.32. The topological polar surface area (TPSA) is 126 Å². The number of anilines is 1. The number of nitrogens with one attached hydrogen (secondary N) is 1. The van der Waals surface area contributed by atoms with Crippen molar-refractivity contribution in [2.75, 3.05) is 18.5 Å². The molecule has 1 aliphatic heterocycles. The average Bonchev–Trinajstić information content (AvgIpc) is 3.23. The lowest BCUT2D eigenvalue weighted by Crippen LogP contribution is -2.33. The van der Waals surface area contributed by atoms with E-state index in [1.54, 1.807) is 4.57 Å². The molecule has 0 saturated carbocycles. The Labute approximate surface area is 169 Å². The van der Waals surface area contributed by atoms with Gasteiger partial charge in [-0.1, -0.05) is 23.3 Å². The molecule has 0 amide bonds. The summed E-state index contributed by atoms with van der Waals surface area (Å²) < 4.78 is 7.12. The van der Waals surface area contributed by atoms with Crippen LogP contribution in [0.1, 0.15) is 39.8 Å². The lowest BCUT2D eigenvalue weighted by atomic mass is 10.1. The van der Waals surface area contributed by atoms with Crippen LogP contribution in [0.25, 0.3) is 11.2 Å². The first kappa shape index (κ1) is 21.4. The standard InChI is InChI=1S/C20H29N5O4/c1-12(2)5-4-6-13(3)7-8-21-18-15-19(23-10-22-18)25(11-24-15)20-17(28)16(27)14(9-26)29-20/h5,7,10-11,14,16-17,20,26-28H,4,6,8-9H2,1-3H3,(H,21,22,23)/b13-7+/t14-,16+,17+,20+/m0/s1. The zero-order valence-electron chi connectivity index (χ0n) is 17.0. The van der Waals surface area contributed by atoms with E-state index < -0.39 is 24.5 Å². The van der Waals surface area contributed by atoms with Gasteiger partial charge < -0.3 is 25.4 Å². The van der Waals surface area contributed by atoms with Crippen molar-refractivity contribution in [1.29, 1.82) is 0 Å². The highest BCUT2D eigenvalue weighted by molar-refractivity contribution is 5.82. The van der Waals surface area contributed by atoms with Crippen LogP contribution in [0.5, 0.6) is 0 Å². The molecule has 3 heterocycles. The Balaban J connectivity index is 1.71. The molecule has 0 aromatic carbocycles. The molecule has 1 fully saturated rings. The summed E-state index contributed by atoms with van der Waals surface area (Å²) in [5, 5.41) is 32.8. The van der Waals surface area contributed by atoms with Crippen LogP contribution in [0, 0.1) is 0 Å². The maximum Gasteiger partial charge on any atom is 0.167 e. The largest absolute Gasteiger partial charge is 0.394 e. The van der Waals surface area contributed by atoms with Crippen molar-refractivity contribution in [3.63, 3.8) is 0 Å². The molecule has 29 heavy (non-hydrogen) atoms. The summed E-state index contributed by atoms with van der Waals surface area (Å²) in [5.41, 5.74) is 3.63. The highest BCUT2D eigenvalue weighted by Gasteiger charge is 2.44. The van der Waals surface area contributed by atoms with Crippen molar-refractivity contribution in [3.8, 4) is 0 Å². The third-order valence-corrected chi connectivity index (χ3v) is 4.96. The molecule has 9 heteroatoms. The summed E-state index contributed by atoms with van der Waals surface area (Å²) in [6, 6.07) is 0. The molecule has 0 radical (unpaired) electrons. The Kier molecular flexibility index (Phi) is 6.96. The summed E-state index contributed by atoms with van der Waals surface area (Å²) in [6.07, 6.45) is 5.17. The summed E-state index contributed by atoms with van der Waals surface area (Å²) in [4.78, 5) is 12.9. The van der Waals surface area contributed by atoms with Gasteiger partial charge in [0, 0.05) is 6.54 Å². The zero-order chi connectivity index (χ0) is 21.0. The molecule has 0 spiro atoms. The monoisotopic (exact) mass is 403 g/mol. The number of hydrogen-bond acceptors (Lipinski definition) is 8. The average molecular weight is 403 g/mol. The third-order valence-electron chi connectivity index (χ3n) is 4.96. The molecule has 0 aliphatic carbocycles. The van der Waals surface area contributed by atoms with Crippen LogP contribution in [-0.4, -0.2) is 66.3 Å². The Morgan fingerprint density at radius 1 is 1.17 bits per heavy atom. The minimum atomic E-state index is -1.19. The fraction of sp³-hybridized carbons (Fsp3) is 0.550. The van der Waals surface area contributed by atoms with Crippen molar-refractivity contribution in [3.05, 3.63) is 36.0 Å². The van der Waals surface area contributed by atoms with Gasteiger partial charge in [-0.3, -0.25) is 4.57 Å². The Bertz CT molecular complexity index is 890. The van der Waals surface area contributed by atoms with Crippen molar-refractivity contribution in [2.45, 2.75) is 58.2 Å². The molecule has 1 saturated heterocycles. The van der Waals surface area contributed by atoms with E-state index in [0.29, 0.717) is 23.5 Å². The lowest BCUT2D eigenvalue weighted by Gasteiger charge is -2.16. The smallest absolute Gasteiger partial charge is 0.167 e. The Morgan fingerprint density at radius 3 is 2.66 bits per heavy atom. The van der Waals surface area contributed by atoms with Crippen molar-refractivity contribution >= 4 is 17.0 Å². The van der Waals surface area contributed by atoms with Gasteiger partial charge in [0.15, 0.2) is 23.2 Å². The lowest BCUT2D eigenvalue weighted by molar-refractivity contribution is -0.0511. The number of ether oxygens (including phenoxy) is 1. The van der Waals surface area contributed by atoms with E-state index >= 15 is 0 Å². The van der Waals surface area contributed by atoms with Crippen LogP contribution in [0.15, 0.2) is 36.0 Å². The van der Waals surface area contributed by atoms with Gasteiger partial charge in [-0.25, -0.2) is 15.0 Å². The molecule has 4 N–H and O–H groups in total. The van der Waals surface area contributed by atoms with Crippen LogP contribution in [0.4, 0.5) is 5.82 Å². The van der Waals surface area contributed by atoms with Crippen LogP contribution in [0.2, 0.25) is 0 Å². The van der Waals surface area contributed by atoms with Gasteiger partial charge in [0.1, 0.15) is 24.6 Å². The van der Waals surface area contributed by atoms with Crippen LogP contribution >= 0.6 is 0 Å². The van der Waals surface area contributed by atoms with Gasteiger partial charge in [0.25, 0.3) is 0 Å². The number of imidazole rings is 1. The van der Waals surface area contributed by atoms with E-state index in [2.05, 4.69) is 53.2 Å². The van der Waals surface area contributed by atoms with Gasteiger partial charge in [0.2, 0.25) is 0 Å². The number of allylic oxidation sites excluding steroid dienone is 3. The van der Waals surface area contributed by atoms with Crippen molar-refractivity contribution in [1.82, 2.24) is 19.5 Å². The molecular weight excluding hydrogens is 374 g/mol. The second-order valence-electron chi connectivity index (χ2n) is 7.53.